The number of carbonyl (C=O) groups is 1. The summed E-state index contributed by atoms with van der Waals surface area (Å²) in [5.41, 5.74) is 1.66. The highest BCUT2D eigenvalue weighted by molar-refractivity contribution is 5.80. The van der Waals surface area contributed by atoms with Gasteiger partial charge in [-0.25, -0.2) is 9.78 Å². The van der Waals surface area contributed by atoms with E-state index >= 15 is 0 Å². The second-order valence-corrected chi connectivity index (χ2v) is 5.56. The number of benzene rings is 2. The first-order chi connectivity index (χ1) is 11.7. The standard InChI is InChI=1S/C19H20N2O3/c1-2-16(19(22)23)21-17-11-7-6-10-15(17)20-18(21)12-13-24-14-8-4-3-5-9-14/h3-11,16H,2,12-13H2,1H3,(H,22,23). The molecule has 0 amide bonds. The van der Waals surface area contributed by atoms with Crippen LogP contribution in [0.5, 0.6) is 5.75 Å². The molecule has 1 atom stereocenters. The molecule has 1 aromatic heterocycles. The van der Waals surface area contributed by atoms with Crippen LogP contribution < -0.4 is 4.74 Å². The van der Waals surface area contributed by atoms with E-state index in [2.05, 4.69) is 4.98 Å². The van der Waals surface area contributed by atoms with E-state index in [1.54, 1.807) is 0 Å². The van der Waals surface area contributed by atoms with Gasteiger partial charge < -0.3 is 14.4 Å². The van der Waals surface area contributed by atoms with E-state index in [9.17, 15) is 9.90 Å². The van der Waals surface area contributed by atoms with Crippen molar-refractivity contribution in [2.75, 3.05) is 6.61 Å². The van der Waals surface area contributed by atoms with Crippen molar-refractivity contribution < 1.29 is 14.6 Å². The summed E-state index contributed by atoms with van der Waals surface area (Å²) in [6.45, 7) is 2.32. The van der Waals surface area contributed by atoms with Crippen molar-refractivity contribution in [2.24, 2.45) is 0 Å². The van der Waals surface area contributed by atoms with Crippen molar-refractivity contribution in [1.29, 1.82) is 0 Å². The number of carboxylic acids is 1. The van der Waals surface area contributed by atoms with Gasteiger partial charge in [0.15, 0.2) is 0 Å². The lowest BCUT2D eigenvalue weighted by atomic mass is 10.2. The Morgan fingerprint density at radius 3 is 2.58 bits per heavy atom. The molecular formula is C19H20N2O3. The van der Waals surface area contributed by atoms with Gasteiger partial charge in [0.1, 0.15) is 17.6 Å². The van der Waals surface area contributed by atoms with Crippen LogP contribution in [-0.2, 0) is 11.2 Å². The summed E-state index contributed by atoms with van der Waals surface area (Å²) in [7, 11) is 0. The lowest BCUT2D eigenvalue weighted by Crippen LogP contribution is -2.21. The fraction of sp³-hybridized carbons (Fsp3) is 0.263. The molecule has 0 spiro atoms. The average molecular weight is 324 g/mol. The molecule has 124 valence electrons. The lowest BCUT2D eigenvalue weighted by Gasteiger charge is -2.16. The van der Waals surface area contributed by atoms with E-state index in [0.29, 0.717) is 19.4 Å². The van der Waals surface area contributed by atoms with Crippen LogP contribution in [0.25, 0.3) is 11.0 Å². The van der Waals surface area contributed by atoms with Gasteiger partial charge in [-0.1, -0.05) is 37.3 Å². The van der Waals surface area contributed by atoms with Gasteiger partial charge in [-0.05, 0) is 30.7 Å². The Bertz CT molecular complexity index is 827. The maximum absolute atomic E-state index is 11.6. The minimum Gasteiger partial charge on any atom is -0.493 e. The predicted octanol–water partition coefficient (Wildman–Crippen LogP) is 3.69. The van der Waals surface area contributed by atoms with E-state index in [1.807, 2.05) is 66.1 Å². The summed E-state index contributed by atoms with van der Waals surface area (Å²) >= 11 is 0. The molecule has 24 heavy (non-hydrogen) atoms. The monoisotopic (exact) mass is 324 g/mol. The van der Waals surface area contributed by atoms with Crippen LogP contribution in [0.1, 0.15) is 25.2 Å². The predicted molar refractivity (Wildman–Crippen MR) is 92.3 cm³/mol. The van der Waals surface area contributed by atoms with E-state index in [4.69, 9.17) is 4.74 Å². The van der Waals surface area contributed by atoms with Crippen LogP contribution in [-0.4, -0.2) is 27.2 Å². The zero-order valence-corrected chi connectivity index (χ0v) is 13.6. The van der Waals surface area contributed by atoms with Crippen molar-refractivity contribution in [3.63, 3.8) is 0 Å². The van der Waals surface area contributed by atoms with Crippen LogP contribution in [0.15, 0.2) is 54.6 Å². The molecule has 0 saturated carbocycles. The van der Waals surface area contributed by atoms with Gasteiger partial charge >= 0.3 is 5.97 Å². The molecular weight excluding hydrogens is 304 g/mol. The summed E-state index contributed by atoms with van der Waals surface area (Å²) in [4.78, 5) is 16.3. The van der Waals surface area contributed by atoms with E-state index in [1.165, 1.54) is 0 Å². The highest BCUT2D eigenvalue weighted by Gasteiger charge is 2.23. The highest BCUT2D eigenvalue weighted by Crippen LogP contribution is 2.24. The summed E-state index contributed by atoms with van der Waals surface area (Å²) < 4.78 is 7.56. The number of hydrogen-bond acceptors (Lipinski definition) is 3. The van der Waals surface area contributed by atoms with Crippen LogP contribution in [0, 0.1) is 0 Å². The molecule has 3 rings (SSSR count). The maximum atomic E-state index is 11.6. The van der Waals surface area contributed by atoms with Crippen molar-refractivity contribution in [1.82, 2.24) is 9.55 Å². The summed E-state index contributed by atoms with van der Waals surface area (Å²) in [5.74, 6) is 0.692. The Morgan fingerprint density at radius 1 is 1.17 bits per heavy atom. The van der Waals surface area contributed by atoms with Gasteiger partial charge in [0, 0.05) is 6.42 Å². The molecule has 0 radical (unpaired) electrons. The number of aliphatic carboxylic acids is 1. The van der Waals surface area contributed by atoms with Gasteiger partial charge in [-0.2, -0.15) is 0 Å². The van der Waals surface area contributed by atoms with Crippen LogP contribution in [0.3, 0.4) is 0 Å². The van der Waals surface area contributed by atoms with Gasteiger partial charge in [0.25, 0.3) is 0 Å². The lowest BCUT2D eigenvalue weighted by molar-refractivity contribution is -0.140. The molecule has 1 heterocycles. The average Bonchev–Trinajstić information content (AvgIpc) is 2.95. The molecule has 1 unspecified atom stereocenters. The van der Waals surface area contributed by atoms with Crippen LogP contribution in [0.4, 0.5) is 0 Å². The summed E-state index contributed by atoms with van der Waals surface area (Å²) in [6.07, 6.45) is 1.05. The maximum Gasteiger partial charge on any atom is 0.326 e. The van der Waals surface area contributed by atoms with Gasteiger partial charge in [-0.3, -0.25) is 0 Å². The molecule has 0 aliphatic carbocycles. The number of carboxylic acid groups (broad SMARTS) is 1. The van der Waals surface area contributed by atoms with E-state index in [-0.39, 0.29) is 0 Å². The molecule has 0 fully saturated rings. The largest absolute Gasteiger partial charge is 0.493 e. The van der Waals surface area contributed by atoms with Crippen molar-refractivity contribution in [2.45, 2.75) is 25.8 Å². The SMILES string of the molecule is CCC(C(=O)O)n1c(CCOc2ccccc2)nc2ccccc21. The third-order valence-corrected chi connectivity index (χ3v) is 3.99. The number of ether oxygens (including phenoxy) is 1. The van der Waals surface area contributed by atoms with Crippen LogP contribution >= 0.6 is 0 Å². The Morgan fingerprint density at radius 2 is 1.88 bits per heavy atom. The molecule has 0 aliphatic heterocycles. The van der Waals surface area contributed by atoms with Crippen molar-refractivity contribution in [3.8, 4) is 5.75 Å². The number of nitrogens with zero attached hydrogens (tertiary/aromatic N) is 2. The zero-order valence-electron chi connectivity index (χ0n) is 13.6. The minimum absolute atomic E-state index is 0.448. The Balaban J connectivity index is 1.87. The third-order valence-electron chi connectivity index (χ3n) is 3.99. The van der Waals surface area contributed by atoms with Crippen molar-refractivity contribution >= 4 is 17.0 Å². The van der Waals surface area contributed by atoms with Crippen LogP contribution in [0.2, 0.25) is 0 Å². The van der Waals surface area contributed by atoms with E-state index in [0.717, 1.165) is 22.6 Å². The smallest absolute Gasteiger partial charge is 0.326 e. The number of aromatic nitrogens is 2. The Hall–Kier alpha value is -2.82. The molecule has 0 bridgehead atoms. The molecule has 5 heteroatoms. The zero-order chi connectivity index (χ0) is 16.9. The molecule has 0 saturated heterocycles. The second-order valence-electron chi connectivity index (χ2n) is 5.56. The Kier molecular flexibility index (Phi) is 4.79. The van der Waals surface area contributed by atoms with Gasteiger partial charge in [-0.15, -0.1) is 0 Å². The molecule has 2 aromatic carbocycles. The molecule has 3 aromatic rings. The first kappa shape index (κ1) is 16.1. The molecule has 1 N–H and O–H groups in total. The first-order valence-corrected chi connectivity index (χ1v) is 8.07. The number of rotatable bonds is 7. The number of imidazole rings is 1. The topological polar surface area (TPSA) is 64.3 Å². The first-order valence-electron chi connectivity index (χ1n) is 8.07. The molecule has 0 aliphatic rings. The molecule has 5 nitrogen and oxygen atoms in total. The summed E-state index contributed by atoms with van der Waals surface area (Å²) in [5, 5.41) is 9.55. The third kappa shape index (κ3) is 3.25. The summed E-state index contributed by atoms with van der Waals surface area (Å²) in [6, 6.07) is 16.6. The normalized spacial score (nSPS) is 12.2. The fourth-order valence-corrected chi connectivity index (χ4v) is 2.86. The minimum atomic E-state index is -0.842. The van der Waals surface area contributed by atoms with E-state index < -0.39 is 12.0 Å². The van der Waals surface area contributed by atoms with Gasteiger partial charge in [0.05, 0.1) is 17.6 Å². The van der Waals surface area contributed by atoms with Gasteiger partial charge in [0.2, 0.25) is 0 Å². The second kappa shape index (κ2) is 7.17. The number of fused-ring (bicyclic) bond motifs is 1. The Labute approximate surface area is 140 Å². The van der Waals surface area contributed by atoms with Crippen molar-refractivity contribution in [3.05, 3.63) is 60.4 Å². The fourth-order valence-electron chi connectivity index (χ4n) is 2.86. The highest BCUT2D eigenvalue weighted by atomic mass is 16.5. The number of para-hydroxylation sites is 3. The number of hydrogen-bond donors (Lipinski definition) is 1. The quantitative estimate of drug-likeness (QED) is 0.720.